The van der Waals surface area contributed by atoms with E-state index in [1.807, 2.05) is 0 Å². The van der Waals surface area contributed by atoms with Crippen LogP contribution in [0.15, 0.2) is 36.7 Å². The maximum atomic E-state index is 13.0. The lowest BCUT2D eigenvalue weighted by Crippen LogP contribution is -2.06. The fraction of sp³-hybridized carbons (Fsp3) is 0.143. The second kappa shape index (κ2) is 6.10. The lowest BCUT2D eigenvalue weighted by molar-refractivity contribution is 0.0471. The predicted octanol–water partition coefficient (Wildman–Crippen LogP) is 2.73. The van der Waals surface area contributed by atoms with Gasteiger partial charge in [0.2, 0.25) is 0 Å². The number of methoxy groups -OCH3 is 1. The Balaban J connectivity index is 2.04. The number of ether oxygens (including phenoxy) is 2. The van der Waals surface area contributed by atoms with Crippen molar-refractivity contribution >= 4 is 5.97 Å². The van der Waals surface area contributed by atoms with E-state index in [-0.39, 0.29) is 17.7 Å². The van der Waals surface area contributed by atoms with E-state index in [1.54, 1.807) is 0 Å². The third-order valence-corrected chi connectivity index (χ3v) is 2.48. The highest BCUT2D eigenvalue weighted by atomic mass is 19.1. The molecule has 20 heavy (non-hydrogen) atoms. The van der Waals surface area contributed by atoms with Crippen LogP contribution in [0.3, 0.4) is 0 Å². The van der Waals surface area contributed by atoms with Gasteiger partial charge in [-0.15, -0.1) is 0 Å². The van der Waals surface area contributed by atoms with E-state index in [1.165, 1.54) is 25.6 Å². The summed E-state index contributed by atoms with van der Waals surface area (Å²) in [6.07, 6.45) is 2.76. The molecule has 4 nitrogen and oxygen atoms in total. The Morgan fingerprint density at radius 2 is 1.85 bits per heavy atom. The van der Waals surface area contributed by atoms with Crippen molar-refractivity contribution in [1.82, 2.24) is 4.98 Å². The largest absolute Gasteiger partial charge is 0.495 e. The summed E-state index contributed by atoms with van der Waals surface area (Å²) in [7, 11) is 1.45. The summed E-state index contributed by atoms with van der Waals surface area (Å²) >= 11 is 0. The Kier molecular flexibility index (Phi) is 4.24. The fourth-order valence-electron chi connectivity index (χ4n) is 1.57. The van der Waals surface area contributed by atoms with Gasteiger partial charge in [-0.3, -0.25) is 4.98 Å². The smallest absolute Gasteiger partial charge is 0.340 e. The molecule has 1 aromatic carbocycles. The van der Waals surface area contributed by atoms with Crippen LogP contribution in [0, 0.1) is 11.6 Å². The highest BCUT2D eigenvalue weighted by molar-refractivity contribution is 5.89. The van der Waals surface area contributed by atoms with Crippen LogP contribution in [-0.2, 0) is 11.3 Å². The fourth-order valence-corrected chi connectivity index (χ4v) is 1.57. The Morgan fingerprint density at radius 3 is 2.50 bits per heavy atom. The van der Waals surface area contributed by atoms with Crippen molar-refractivity contribution in [1.29, 1.82) is 0 Å². The molecule has 0 unspecified atom stereocenters. The summed E-state index contributed by atoms with van der Waals surface area (Å²) in [5, 5.41) is 0. The quantitative estimate of drug-likeness (QED) is 0.807. The zero-order valence-electron chi connectivity index (χ0n) is 10.6. The first-order valence-electron chi connectivity index (χ1n) is 5.69. The third-order valence-electron chi connectivity index (χ3n) is 2.48. The van der Waals surface area contributed by atoms with E-state index in [0.29, 0.717) is 5.75 Å². The van der Waals surface area contributed by atoms with Crippen LogP contribution in [0.25, 0.3) is 0 Å². The highest BCUT2D eigenvalue weighted by Crippen LogP contribution is 2.13. The topological polar surface area (TPSA) is 48.4 Å². The maximum Gasteiger partial charge on any atom is 0.340 e. The molecule has 0 N–H and O–H groups in total. The molecule has 6 heteroatoms. The normalized spacial score (nSPS) is 10.2. The highest BCUT2D eigenvalue weighted by Gasteiger charge is 2.10. The van der Waals surface area contributed by atoms with Gasteiger partial charge in [0.15, 0.2) is 0 Å². The second-order valence-electron chi connectivity index (χ2n) is 3.97. The number of carbonyl (C=O) groups is 1. The van der Waals surface area contributed by atoms with Gasteiger partial charge < -0.3 is 9.47 Å². The summed E-state index contributed by atoms with van der Waals surface area (Å²) in [6.45, 7) is -0.231. The minimum atomic E-state index is -0.723. The molecule has 104 valence electrons. The number of nitrogens with zero attached hydrogens (tertiary/aromatic N) is 1. The summed E-state index contributed by atoms with van der Waals surface area (Å²) in [6, 6.07) is 4.40. The molecule has 0 amide bonds. The first-order valence-corrected chi connectivity index (χ1v) is 5.69. The van der Waals surface area contributed by atoms with Crippen molar-refractivity contribution in [3.8, 4) is 5.75 Å². The van der Waals surface area contributed by atoms with Crippen LogP contribution in [-0.4, -0.2) is 18.1 Å². The number of aromatic nitrogens is 1. The van der Waals surface area contributed by atoms with Gasteiger partial charge in [0.05, 0.1) is 18.9 Å². The van der Waals surface area contributed by atoms with Crippen LogP contribution in [0.5, 0.6) is 5.75 Å². The van der Waals surface area contributed by atoms with Crippen molar-refractivity contribution in [3.05, 3.63) is 59.4 Å². The van der Waals surface area contributed by atoms with Crippen molar-refractivity contribution in [3.63, 3.8) is 0 Å². The van der Waals surface area contributed by atoms with Crippen molar-refractivity contribution in [2.24, 2.45) is 0 Å². The standard InChI is InChI=1S/C14H11F2NO3/c1-19-13-4-10(6-17-7-13)14(18)20-8-9-2-11(15)5-12(16)3-9/h2-7H,8H2,1H3. The first-order chi connectivity index (χ1) is 9.58. The lowest BCUT2D eigenvalue weighted by Gasteiger charge is -2.06. The van der Waals surface area contributed by atoms with E-state index in [9.17, 15) is 13.6 Å². The molecule has 0 aliphatic carbocycles. The molecule has 2 rings (SSSR count). The second-order valence-corrected chi connectivity index (χ2v) is 3.97. The van der Waals surface area contributed by atoms with Gasteiger partial charge in [-0.05, 0) is 23.8 Å². The molecule has 0 aliphatic rings. The van der Waals surface area contributed by atoms with Crippen LogP contribution in [0.4, 0.5) is 8.78 Å². The Labute approximate surface area is 114 Å². The van der Waals surface area contributed by atoms with Crippen molar-refractivity contribution < 1.29 is 23.0 Å². The van der Waals surface area contributed by atoms with E-state index in [4.69, 9.17) is 9.47 Å². The van der Waals surface area contributed by atoms with E-state index in [0.717, 1.165) is 18.2 Å². The number of rotatable bonds is 4. The molecule has 0 aliphatic heterocycles. The maximum absolute atomic E-state index is 13.0. The zero-order chi connectivity index (χ0) is 14.5. The van der Waals surface area contributed by atoms with Crippen LogP contribution in [0.1, 0.15) is 15.9 Å². The van der Waals surface area contributed by atoms with Gasteiger partial charge >= 0.3 is 5.97 Å². The van der Waals surface area contributed by atoms with Gasteiger partial charge in [-0.1, -0.05) is 0 Å². The Bertz CT molecular complexity index is 611. The monoisotopic (exact) mass is 279 g/mol. The Hall–Kier alpha value is -2.50. The number of halogens is 2. The van der Waals surface area contributed by atoms with Crippen LogP contribution < -0.4 is 4.74 Å². The molecule has 0 atom stereocenters. The molecule has 0 saturated heterocycles. The Morgan fingerprint density at radius 1 is 1.15 bits per heavy atom. The third kappa shape index (κ3) is 3.50. The van der Waals surface area contributed by atoms with Crippen molar-refractivity contribution in [2.45, 2.75) is 6.61 Å². The summed E-state index contributed by atoms with van der Waals surface area (Å²) in [5.74, 6) is -1.68. The van der Waals surface area contributed by atoms with Gasteiger partial charge in [-0.25, -0.2) is 13.6 Å². The molecule has 0 bridgehead atoms. The van der Waals surface area contributed by atoms with Gasteiger partial charge in [0.1, 0.15) is 24.0 Å². The predicted molar refractivity (Wildman–Crippen MR) is 66.3 cm³/mol. The molecule has 0 spiro atoms. The average Bonchev–Trinajstić information content (AvgIpc) is 2.44. The number of hydrogen-bond acceptors (Lipinski definition) is 4. The number of esters is 1. The lowest BCUT2D eigenvalue weighted by atomic mass is 10.2. The number of carbonyl (C=O) groups excluding carboxylic acids is 1. The van der Waals surface area contributed by atoms with Crippen molar-refractivity contribution in [2.75, 3.05) is 7.11 Å². The van der Waals surface area contributed by atoms with Crippen LogP contribution in [0.2, 0.25) is 0 Å². The average molecular weight is 279 g/mol. The molecule has 0 saturated carbocycles. The number of benzene rings is 1. The first kappa shape index (κ1) is 13.9. The summed E-state index contributed by atoms with van der Waals surface area (Å²) in [5.41, 5.74) is 0.424. The SMILES string of the molecule is COc1cncc(C(=O)OCc2cc(F)cc(F)c2)c1. The van der Waals surface area contributed by atoms with E-state index < -0.39 is 17.6 Å². The van der Waals surface area contributed by atoms with Crippen LogP contribution >= 0.6 is 0 Å². The molecule has 1 aromatic heterocycles. The molecule has 2 aromatic rings. The molecule has 0 radical (unpaired) electrons. The zero-order valence-corrected chi connectivity index (χ0v) is 10.6. The summed E-state index contributed by atoms with van der Waals surface area (Å²) < 4.78 is 35.8. The number of hydrogen-bond donors (Lipinski definition) is 0. The molecular formula is C14H11F2NO3. The molecule has 1 heterocycles. The van der Waals surface area contributed by atoms with E-state index in [2.05, 4.69) is 4.98 Å². The van der Waals surface area contributed by atoms with Gasteiger partial charge in [0.25, 0.3) is 0 Å². The van der Waals surface area contributed by atoms with E-state index >= 15 is 0 Å². The summed E-state index contributed by atoms with van der Waals surface area (Å²) in [4.78, 5) is 15.6. The van der Waals surface area contributed by atoms with Gasteiger partial charge in [-0.2, -0.15) is 0 Å². The molecule has 0 fully saturated rings. The van der Waals surface area contributed by atoms with Gasteiger partial charge in [0, 0.05) is 12.3 Å². The molecular weight excluding hydrogens is 268 g/mol. The minimum Gasteiger partial charge on any atom is -0.495 e. The number of pyridine rings is 1. The minimum absolute atomic E-state index is 0.196.